The van der Waals surface area contributed by atoms with Crippen LogP contribution in [0.15, 0.2) is 6.33 Å². The first-order valence-corrected chi connectivity index (χ1v) is 8.18. The van der Waals surface area contributed by atoms with Gasteiger partial charge in [0, 0.05) is 11.4 Å². The third kappa shape index (κ3) is 2.95. The molecule has 4 heteroatoms. The van der Waals surface area contributed by atoms with Gasteiger partial charge in [-0.05, 0) is 37.2 Å². The molecule has 0 radical (unpaired) electrons. The second-order valence-corrected chi connectivity index (χ2v) is 7.42. The summed E-state index contributed by atoms with van der Waals surface area (Å²) < 4.78 is 0. The lowest BCUT2D eigenvalue weighted by Crippen LogP contribution is -2.24. The van der Waals surface area contributed by atoms with E-state index in [4.69, 9.17) is 0 Å². The quantitative estimate of drug-likeness (QED) is 0.871. The number of anilines is 1. The molecule has 0 aliphatic rings. The minimum absolute atomic E-state index is 0.653. The summed E-state index contributed by atoms with van der Waals surface area (Å²) in [5.74, 6) is 2.98. The number of nitrogens with one attached hydrogen (secondary N) is 1. The first-order valence-electron chi connectivity index (χ1n) is 7.36. The fraction of sp³-hybridized carbons (Fsp3) is 0.625. The van der Waals surface area contributed by atoms with Gasteiger partial charge in [0.25, 0.3) is 0 Å². The topological polar surface area (TPSA) is 37.8 Å². The van der Waals surface area contributed by atoms with Gasteiger partial charge >= 0.3 is 0 Å². The van der Waals surface area contributed by atoms with Crippen molar-refractivity contribution in [3.05, 3.63) is 16.8 Å². The van der Waals surface area contributed by atoms with Crippen molar-refractivity contribution in [1.29, 1.82) is 0 Å². The second-order valence-electron chi connectivity index (χ2n) is 6.22. The Hall–Kier alpha value is -1.16. The summed E-state index contributed by atoms with van der Waals surface area (Å²) in [6, 6.07) is 0. The predicted octanol–water partition coefficient (Wildman–Crippen LogP) is 4.65. The van der Waals surface area contributed by atoms with E-state index in [-0.39, 0.29) is 0 Å². The normalized spacial score (nSPS) is 12.1. The van der Waals surface area contributed by atoms with Crippen LogP contribution in [0.25, 0.3) is 10.2 Å². The van der Waals surface area contributed by atoms with E-state index in [0.717, 1.165) is 17.2 Å². The van der Waals surface area contributed by atoms with Gasteiger partial charge in [-0.1, -0.05) is 27.7 Å². The Morgan fingerprint density at radius 1 is 1.10 bits per heavy atom. The SMILES string of the molecule is Cc1sc2ncnc(NCC(C(C)C)C(C)C)c2c1C. The highest BCUT2D eigenvalue weighted by molar-refractivity contribution is 7.18. The Kier molecular flexibility index (Phi) is 4.63. The first-order chi connectivity index (χ1) is 9.41. The van der Waals surface area contributed by atoms with E-state index in [9.17, 15) is 0 Å². The Morgan fingerprint density at radius 2 is 1.75 bits per heavy atom. The smallest absolute Gasteiger partial charge is 0.138 e. The molecule has 0 unspecified atom stereocenters. The van der Waals surface area contributed by atoms with Gasteiger partial charge in [0.2, 0.25) is 0 Å². The van der Waals surface area contributed by atoms with Crippen LogP contribution in [0.5, 0.6) is 0 Å². The minimum atomic E-state index is 0.653. The lowest BCUT2D eigenvalue weighted by molar-refractivity contribution is 0.304. The van der Waals surface area contributed by atoms with Gasteiger partial charge in [0.15, 0.2) is 0 Å². The molecule has 0 aliphatic carbocycles. The van der Waals surface area contributed by atoms with E-state index >= 15 is 0 Å². The molecular formula is C16H25N3S. The van der Waals surface area contributed by atoms with Crippen LogP contribution in [0.1, 0.15) is 38.1 Å². The molecule has 0 fully saturated rings. The predicted molar refractivity (Wildman–Crippen MR) is 88.5 cm³/mol. The van der Waals surface area contributed by atoms with Crippen LogP contribution in [0.3, 0.4) is 0 Å². The van der Waals surface area contributed by atoms with Crippen molar-refractivity contribution in [2.24, 2.45) is 17.8 Å². The highest BCUT2D eigenvalue weighted by Crippen LogP contribution is 2.33. The summed E-state index contributed by atoms with van der Waals surface area (Å²) >= 11 is 1.75. The van der Waals surface area contributed by atoms with Crippen LogP contribution in [-0.4, -0.2) is 16.5 Å². The Balaban J connectivity index is 2.26. The maximum absolute atomic E-state index is 4.46. The highest BCUT2D eigenvalue weighted by Gasteiger charge is 2.18. The fourth-order valence-electron chi connectivity index (χ4n) is 2.77. The van der Waals surface area contributed by atoms with Crippen molar-refractivity contribution >= 4 is 27.4 Å². The van der Waals surface area contributed by atoms with Gasteiger partial charge in [0.05, 0.1) is 5.39 Å². The third-order valence-corrected chi connectivity index (χ3v) is 5.30. The summed E-state index contributed by atoms with van der Waals surface area (Å²) in [5.41, 5.74) is 1.30. The van der Waals surface area contributed by atoms with Crippen molar-refractivity contribution in [1.82, 2.24) is 9.97 Å². The standard InChI is InChI=1S/C16H25N3S/c1-9(2)13(10(3)4)7-17-15-14-11(5)12(6)20-16(14)19-8-18-15/h8-10,13H,7H2,1-6H3,(H,17,18,19). The number of rotatable bonds is 5. The number of hydrogen-bond acceptors (Lipinski definition) is 4. The highest BCUT2D eigenvalue weighted by atomic mass is 32.1. The number of aryl methyl sites for hydroxylation is 2. The van der Waals surface area contributed by atoms with Crippen LogP contribution in [0.2, 0.25) is 0 Å². The Morgan fingerprint density at radius 3 is 2.35 bits per heavy atom. The molecule has 20 heavy (non-hydrogen) atoms. The van der Waals surface area contributed by atoms with Crippen LogP contribution in [0, 0.1) is 31.6 Å². The van der Waals surface area contributed by atoms with E-state index in [0.29, 0.717) is 17.8 Å². The Bertz CT molecular complexity index is 579. The molecule has 0 aliphatic heterocycles. The van der Waals surface area contributed by atoms with Gasteiger partial charge in [0.1, 0.15) is 17.0 Å². The average Bonchev–Trinajstić information content (AvgIpc) is 2.65. The van der Waals surface area contributed by atoms with Crippen molar-refractivity contribution in [3.8, 4) is 0 Å². The number of hydrogen-bond donors (Lipinski definition) is 1. The zero-order valence-electron chi connectivity index (χ0n) is 13.3. The van der Waals surface area contributed by atoms with Gasteiger partial charge in [-0.3, -0.25) is 0 Å². The third-order valence-electron chi connectivity index (χ3n) is 4.18. The zero-order valence-corrected chi connectivity index (χ0v) is 14.1. The molecule has 0 saturated carbocycles. The molecule has 2 aromatic rings. The molecule has 0 bridgehead atoms. The minimum Gasteiger partial charge on any atom is -0.369 e. The van der Waals surface area contributed by atoms with Gasteiger partial charge in [-0.15, -0.1) is 11.3 Å². The average molecular weight is 291 g/mol. The molecule has 0 saturated heterocycles. The van der Waals surface area contributed by atoms with Gasteiger partial charge in [-0.25, -0.2) is 9.97 Å². The summed E-state index contributed by atoms with van der Waals surface area (Å²) in [4.78, 5) is 11.3. The summed E-state index contributed by atoms with van der Waals surface area (Å²) in [6.07, 6.45) is 1.67. The number of thiophene rings is 1. The van der Waals surface area contributed by atoms with Crippen LogP contribution in [0.4, 0.5) is 5.82 Å². The molecule has 0 spiro atoms. The van der Waals surface area contributed by atoms with E-state index in [2.05, 4.69) is 56.8 Å². The molecule has 2 aromatic heterocycles. The van der Waals surface area contributed by atoms with E-state index in [1.165, 1.54) is 15.8 Å². The van der Waals surface area contributed by atoms with Crippen molar-refractivity contribution < 1.29 is 0 Å². The monoisotopic (exact) mass is 291 g/mol. The van der Waals surface area contributed by atoms with E-state index in [1.54, 1.807) is 17.7 Å². The summed E-state index contributed by atoms with van der Waals surface area (Å²) in [6.45, 7) is 14.4. The molecule has 0 atom stereocenters. The maximum atomic E-state index is 4.46. The number of nitrogens with zero attached hydrogens (tertiary/aromatic N) is 2. The van der Waals surface area contributed by atoms with E-state index < -0.39 is 0 Å². The second kappa shape index (κ2) is 6.08. The lowest BCUT2D eigenvalue weighted by Gasteiger charge is -2.25. The van der Waals surface area contributed by atoms with Crippen molar-refractivity contribution in [2.45, 2.75) is 41.5 Å². The zero-order chi connectivity index (χ0) is 14.9. The number of aromatic nitrogens is 2. The van der Waals surface area contributed by atoms with Crippen LogP contribution in [-0.2, 0) is 0 Å². The molecule has 3 nitrogen and oxygen atoms in total. The molecule has 0 aromatic carbocycles. The van der Waals surface area contributed by atoms with Gasteiger partial charge < -0.3 is 5.32 Å². The summed E-state index contributed by atoms with van der Waals surface area (Å²) in [5, 5.41) is 4.76. The summed E-state index contributed by atoms with van der Waals surface area (Å²) in [7, 11) is 0. The van der Waals surface area contributed by atoms with Crippen molar-refractivity contribution in [2.75, 3.05) is 11.9 Å². The van der Waals surface area contributed by atoms with Crippen LogP contribution < -0.4 is 5.32 Å². The maximum Gasteiger partial charge on any atom is 0.138 e. The number of fused-ring (bicyclic) bond motifs is 1. The largest absolute Gasteiger partial charge is 0.369 e. The van der Waals surface area contributed by atoms with Crippen LogP contribution >= 0.6 is 11.3 Å². The molecule has 2 rings (SSSR count). The molecule has 0 amide bonds. The molecule has 2 heterocycles. The lowest BCUT2D eigenvalue weighted by atomic mass is 9.85. The van der Waals surface area contributed by atoms with E-state index in [1.807, 2.05) is 0 Å². The molecular weight excluding hydrogens is 266 g/mol. The molecule has 110 valence electrons. The Labute approximate surface area is 125 Å². The van der Waals surface area contributed by atoms with Crippen molar-refractivity contribution in [3.63, 3.8) is 0 Å². The molecule has 1 N–H and O–H groups in total. The first kappa shape index (κ1) is 15.2. The van der Waals surface area contributed by atoms with Gasteiger partial charge in [-0.2, -0.15) is 0 Å². The fourth-order valence-corrected chi connectivity index (χ4v) is 3.77.